The molecule has 1 heterocycles. The number of aryl methyl sites for hydroxylation is 1. The number of amides is 3. The third kappa shape index (κ3) is 9.13. The number of nitrogens with zero attached hydrogens (tertiary/aromatic N) is 2. The molecule has 3 amide bonds. The summed E-state index contributed by atoms with van der Waals surface area (Å²) in [7, 11) is 6.10. The van der Waals surface area contributed by atoms with Gasteiger partial charge in [0, 0.05) is 36.6 Å². The monoisotopic (exact) mass is 624 g/mol. The van der Waals surface area contributed by atoms with Crippen LogP contribution in [0.3, 0.4) is 0 Å². The predicted molar refractivity (Wildman–Crippen MR) is 169 cm³/mol. The zero-order valence-electron chi connectivity index (χ0n) is 27.3. The molecule has 244 valence electrons. The number of aromatic nitrogens is 1. The van der Waals surface area contributed by atoms with Crippen LogP contribution in [0.2, 0.25) is 0 Å². The van der Waals surface area contributed by atoms with Crippen LogP contribution in [-0.2, 0) is 20.8 Å². The van der Waals surface area contributed by atoms with Gasteiger partial charge in [0.1, 0.15) is 11.8 Å². The van der Waals surface area contributed by atoms with E-state index in [-0.39, 0.29) is 25.2 Å². The van der Waals surface area contributed by atoms with E-state index in [1.54, 1.807) is 51.5 Å². The quantitative estimate of drug-likeness (QED) is 0.229. The number of rotatable bonds is 16. The average molecular weight is 625 g/mol. The van der Waals surface area contributed by atoms with Gasteiger partial charge in [0.15, 0.2) is 28.8 Å². The summed E-state index contributed by atoms with van der Waals surface area (Å²) < 4.78 is 27.1. The summed E-state index contributed by atoms with van der Waals surface area (Å²) in [6.07, 6.45) is 0.731. The normalized spacial score (nSPS) is 11.7. The molecule has 1 aromatic heterocycles. The van der Waals surface area contributed by atoms with Crippen molar-refractivity contribution in [3.05, 3.63) is 59.4 Å². The largest absolute Gasteiger partial charge is 0.493 e. The van der Waals surface area contributed by atoms with E-state index in [2.05, 4.69) is 15.8 Å². The first kappa shape index (κ1) is 34.7. The maximum Gasteiger partial charge on any atom is 0.248 e. The third-order valence-electron chi connectivity index (χ3n) is 7.50. The molecular weight excluding hydrogens is 580 g/mol. The highest BCUT2D eigenvalue weighted by atomic mass is 16.5. The molecule has 12 heteroatoms. The molecule has 2 N–H and O–H groups in total. The van der Waals surface area contributed by atoms with E-state index in [1.165, 1.54) is 19.1 Å². The summed E-state index contributed by atoms with van der Waals surface area (Å²) in [6.45, 7) is 7.65. The molecule has 0 aliphatic heterocycles. The van der Waals surface area contributed by atoms with E-state index in [0.29, 0.717) is 47.2 Å². The highest BCUT2D eigenvalue weighted by Gasteiger charge is 2.36. The summed E-state index contributed by atoms with van der Waals surface area (Å²) in [6, 6.07) is 11.2. The number of methoxy groups -OCH3 is 4. The minimum absolute atomic E-state index is 0.137. The van der Waals surface area contributed by atoms with Crippen LogP contribution in [-0.4, -0.2) is 68.3 Å². The van der Waals surface area contributed by atoms with Crippen LogP contribution in [0.4, 0.5) is 5.82 Å². The van der Waals surface area contributed by atoms with Crippen molar-refractivity contribution in [2.75, 3.05) is 40.3 Å². The summed E-state index contributed by atoms with van der Waals surface area (Å²) >= 11 is 0. The van der Waals surface area contributed by atoms with Gasteiger partial charge >= 0.3 is 0 Å². The van der Waals surface area contributed by atoms with Gasteiger partial charge in [-0.1, -0.05) is 30.3 Å². The number of hydrogen-bond acceptors (Lipinski definition) is 9. The lowest BCUT2D eigenvalue weighted by Crippen LogP contribution is -2.50. The van der Waals surface area contributed by atoms with Crippen LogP contribution >= 0.6 is 0 Å². The molecule has 12 nitrogen and oxygen atoms in total. The molecule has 0 fully saturated rings. The zero-order chi connectivity index (χ0) is 33.1. The summed E-state index contributed by atoms with van der Waals surface area (Å²) in [5.74, 6) is 1.45. The number of hydrogen-bond donors (Lipinski definition) is 2. The Bertz CT molecular complexity index is 1470. The zero-order valence-corrected chi connectivity index (χ0v) is 27.3. The molecule has 3 aromatic rings. The van der Waals surface area contributed by atoms with Crippen molar-refractivity contribution < 1.29 is 37.9 Å². The van der Waals surface area contributed by atoms with Gasteiger partial charge in [-0.05, 0) is 57.4 Å². The van der Waals surface area contributed by atoms with Crippen LogP contribution in [0.5, 0.6) is 23.0 Å². The second-order valence-corrected chi connectivity index (χ2v) is 11.1. The first-order chi connectivity index (χ1) is 21.5. The van der Waals surface area contributed by atoms with Gasteiger partial charge in [0.2, 0.25) is 17.7 Å². The molecule has 0 aliphatic carbocycles. The molecule has 0 bridgehead atoms. The minimum Gasteiger partial charge on any atom is -0.493 e. The highest BCUT2D eigenvalue weighted by molar-refractivity contribution is 5.94. The average Bonchev–Trinajstić information content (AvgIpc) is 3.44. The predicted octanol–water partition coefficient (Wildman–Crippen LogP) is 4.85. The second-order valence-electron chi connectivity index (χ2n) is 11.1. The van der Waals surface area contributed by atoms with Crippen molar-refractivity contribution >= 4 is 23.5 Å². The van der Waals surface area contributed by atoms with E-state index in [1.807, 2.05) is 32.9 Å². The molecule has 3 rings (SSSR count). The molecule has 2 aromatic carbocycles. The number of ether oxygens (including phenoxy) is 4. The van der Waals surface area contributed by atoms with Gasteiger partial charge in [-0.25, -0.2) is 0 Å². The molecule has 0 aliphatic rings. The standard InChI is InChI=1S/C33H44N4O8/c1-9-33(3,4)35-32(40)30(23-11-10-12-25(42-6)31(23)44-8)37(18-17-22-13-14-24(41-5)26(20-22)43-7)29(39)16-15-28(38)34-27-19-21(2)45-36-27/h10-14,19-20,30H,9,15-18H2,1-8H3,(H,35,40)(H,34,36,38). The van der Waals surface area contributed by atoms with Gasteiger partial charge in [0.05, 0.1) is 28.4 Å². The molecule has 0 spiro atoms. The number of nitrogens with one attached hydrogen (secondary N) is 2. The fourth-order valence-corrected chi connectivity index (χ4v) is 4.75. The van der Waals surface area contributed by atoms with Crippen LogP contribution in [0.25, 0.3) is 0 Å². The Morgan fingerprint density at radius 3 is 2.24 bits per heavy atom. The molecule has 1 atom stereocenters. The molecule has 0 saturated carbocycles. The Labute approximate surface area is 264 Å². The Kier molecular flexibility index (Phi) is 12.2. The van der Waals surface area contributed by atoms with Crippen molar-refractivity contribution in [1.82, 2.24) is 15.4 Å². The first-order valence-electron chi connectivity index (χ1n) is 14.7. The highest BCUT2D eigenvalue weighted by Crippen LogP contribution is 2.38. The van der Waals surface area contributed by atoms with E-state index < -0.39 is 29.3 Å². The fraction of sp³-hybridized carbons (Fsp3) is 0.455. The van der Waals surface area contributed by atoms with E-state index >= 15 is 0 Å². The molecule has 0 radical (unpaired) electrons. The summed E-state index contributed by atoms with van der Waals surface area (Å²) in [5, 5.41) is 9.51. The fourth-order valence-electron chi connectivity index (χ4n) is 4.75. The Morgan fingerprint density at radius 1 is 0.933 bits per heavy atom. The van der Waals surface area contributed by atoms with Gasteiger partial charge in [0.25, 0.3) is 0 Å². The summed E-state index contributed by atoms with van der Waals surface area (Å²) in [4.78, 5) is 42.5. The van der Waals surface area contributed by atoms with Crippen molar-refractivity contribution in [2.24, 2.45) is 0 Å². The van der Waals surface area contributed by atoms with E-state index in [9.17, 15) is 14.4 Å². The van der Waals surface area contributed by atoms with Crippen LogP contribution in [0.15, 0.2) is 47.0 Å². The minimum atomic E-state index is -1.10. The third-order valence-corrected chi connectivity index (χ3v) is 7.50. The van der Waals surface area contributed by atoms with Crippen molar-refractivity contribution in [3.8, 4) is 23.0 Å². The number of anilines is 1. The van der Waals surface area contributed by atoms with Crippen LogP contribution < -0.4 is 29.6 Å². The van der Waals surface area contributed by atoms with Crippen molar-refractivity contribution in [1.29, 1.82) is 0 Å². The molecule has 1 unspecified atom stereocenters. The van der Waals surface area contributed by atoms with Crippen LogP contribution in [0.1, 0.15) is 63.0 Å². The van der Waals surface area contributed by atoms with Crippen molar-refractivity contribution in [3.63, 3.8) is 0 Å². The maximum atomic E-state index is 14.2. The smallest absolute Gasteiger partial charge is 0.248 e. The number of carbonyl (C=O) groups excluding carboxylic acids is 3. The second kappa shape index (κ2) is 15.8. The summed E-state index contributed by atoms with van der Waals surface area (Å²) in [5.41, 5.74) is 0.745. The van der Waals surface area contributed by atoms with Gasteiger partial charge < -0.3 is 39.0 Å². The molecule has 0 saturated heterocycles. The number of carbonyl (C=O) groups is 3. The Morgan fingerprint density at radius 2 is 1.64 bits per heavy atom. The van der Waals surface area contributed by atoms with Gasteiger partial charge in [-0.2, -0.15) is 0 Å². The Hall–Kier alpha value is -4.74. The SMILES string of the molecule is CCC(C)(C)NC(=O)C(c1cccc(OC)c1OC)N(CCc1ccc(OC)c(OC)c1)C(=O)CCC(=O)Nc1cc(C)on1. The number of para-hydroxylation sites is 1. The first-order valence-corrected chi connectivity index (χ1v) is 14.7. The van der Waals surface area contributed by atoms with Gasteiger partial charge in [-0.15, -0.1) is 0 Å². The lowest BCUT2D eigenvalue weighted by Gasteiger charge is -2.35. The topological polar surface area (TPSA) is 141 Å². The maximum absolute atomic E-state index is 14.2. The lowest BCUT2D eigenvalue weighted by molar-refractivity contribution is -0.142. The molecule has 45 heavy (non-hydrogen) atoms. The van der Waals surface area contributed by atoms with E-state index in [4.69, 9.17) is 23.5 Å². The molecular formula is C33H44N4O8. The Balaban J connectivity index is 2.03. The lowest BCUT2D eigenvalue weighted by atomic mass is 9.97. The van der Waals surface area contributed by atoms with Gasteiger partial charge in [-0.3, -0.25) is 14.4 Å². The van der Waals surface area contributed by atoms with Crippen LogP contribution in [0, 0.1) is 6.92 Å². The van der Waals surface area contributed by atoms with Crippen molar-refractivity contribution in [2.45, 2.75) is 65.0 Å². The van der Waals surface area contributed by atoms with E-state index in [0.717, 1.165) is 5.56 Å². The number of benzene rings is 2.